The van der Waals surface area contributed by atoms with Gasteiger partial charge < -0.3 is 66.0 Å². The molecular weight excluding hydrogens is 951 g/mol. The fraction of sp³-hybridized carbons (Fsp3) is 0.549. The molecule has 0 saturated carbocycles. The molecule has 0 radical (unpaired) electrons. The van der Waals surface area contributed by atoms with E-state index in [0.717, 1.165) is 11.0 Å². The molecule has 2 saturated heterocycles. The third-order valence-electron chi connectivity index (χ3n) is 13.4. The Hall–Kier alpha value is -6.91. The number of cyclic esters (lactones) is 1. The van der Waals surface area contributed by atoms with Gasteiger partial charge in [-0.05, 0) is 61.9 Å². The molecule has 13 atom stereocenters. The number of hydrogen-bond donors (Lipinski definition) is 8. The van der Waals surface area contributed by atoms with Gasteiger partial charge in [0.05, 0.1) is 24.7 Å². The van der Waals surface area contributed by atoms with Crippen LogP contribution in [-0.4, -0.2) is 155 Å². The van der Waals surface area contributed by atoms with Crippen molar-refractivity contribution in [3.05, 3.63) is 77.9 Å². The van der Waals surface area contributed by atoms with Crippen LogP contribution in [0.2, 0.25) is 0 Å². The van der Waals surface area contributed by atoms with E-state index >= 15 is 4.79 Å². The monoisotopic (exact) mass is 1020 g/mol. The van der Waals surface area contributed by atoms with E-state index in [0.29, 0.717) is 17.7 Å². The predicted octanol–water partition coefficient (Wildman–Crippen LogP) is -0.356. The number of esters is 2. The zero-order valence-corrected chi connectivity index (χ0v) is 42.5. The van der Waals surface area contributed by atoms with Crippen LogP contribution in [-0.2, 0) is 63.8 Å². The van der Waals surface area contributed by atoms with Gasteiger partial charge in [-0.3, -0.25) is 38.4 Å². The first-order chi connectivity index (χ1) is 34.5. The summed E-state index contributed by atoms with van der Waals surface area (Å²) in [6.45, 7) is 10.8. The van der Waals surface area contributed by atoms with E-state index in [1.165, 1.54) is 58.2 Å². The molecule has 0 aromatic heterocycles. The molecule has 6 rings (SSSR count). The van der Waals surface area contributed by atoms with Gasteiger partial charge in [-0.15, -0.1) is 0 Å². The number of nitrogens with zero attached hydrogens (tertiary/aromatic N) is 1. The van der Waals surface area contributed by atoms with Gasteiger partial charge in [-0.2, -0.15) is 0 Å². The molecule has 2 aromatic rings. The van der Waals surface area contributed by atoms with Gasteiger partial charge in [0.25, 0.3) is 0 Å². The van der Waals surface area contributed by atoms with Crippen molar-refractivity contribution < 1.29 is 72.3 Å². The van der Waals surface area contributed by atoms with Crippen molar-refractivity contribution in [3.8, 4) is 5.75 Å². The van der Waals surface area contributed by atoms with Crippen LogP contribution in [0.4, 0.5) is 0 Å². The molecule has 1 spiro atoms. The molecule has 4 bridgehead atoms. The number of benzene rings is 2. The number of aliphatic hydroxyl groups excluding tert-OH is 2. The summed E-state index contributed by atoms with van der Waals surface area (Å²) in [7, 11) is 1.32. The normalized spacial score (nSPS) is 28.8. The summed E-state index contributed by atoms with van der Waals surface area (Å²) in [5.41, 5.74) is -0.249. The van der Waals surface area contributed by atoms with Gasteiger partial charge in [-0.1, -0.05) is 83.5 Å². The second-order valence-corrected chi connectivity index (χ2v) is 19.2. The number of carbonyl (C=O) groups is 9. The van der Waals surface area contributed by atoms with E-state index in [2.05, 4.69) is 31.9 Å². The highest BCUT2D eigenvalue weighted by Gasteiger charge is 2.49. The molecule has 0 unspecified atom stereocenters. The van der Waals surface area contributed by atoms with Crippen LogP contribution in [0.1, 0.15) is 79.0 Å². The second kappa shape index (κ2) is 25.2. The first kappa shape index (κ1) is 57.0. The Balaban J connectivity index is 1.72. The van der Waals surface area contributed by atoms with E-state index < -0.39 is 150 Å². The number of fused-ring (bicyclic) bond motifs is 9. The smallest absolute Gasteiger partial charge is 0.332 e. The molecule has 398 valence electrons. The van der Waals surface area contributed by atoms with E-state index in [9.17, 15) is 48.6 Å². The molecule has 4 aliphatic heterocycles. The number of hydrogen-bond acceptors (Lipinski definition) is 15. The molecule has 0 aliphatic carbocycles. The van der Waals surface area contributed by atoms with E-state index in [4.69, 9.17) is 18.9 Å². The van der Waals surface area contributed by atoms with Crippen molar-refractivity contribution in [1.29, 1.82) is 0 Å². The number of rotatable bonds is 9. The van der Waals surface area contributed by atoms with Crippen LogP contribution in [0.3, 0.4) is 0 Å². The van der Waals surface area contributed by atoms with Gasteiger partial charge >= 0.3 is 11.9 Å². The van der Waals surface area contributed by atoms with Crippen LogP contribution < -0.4 is 36.6 Å². The Morgan fingerprint density at radius 1 is 0.822 bits per heavy atom. The van der Waals surface area contributed by atoms with Crippen molar-refractivity contribution in [2.24, 2.45) is 17.8 Å². The summed E-state index contributed by atoms with van der Waals surface area (Å²) in [6, 6.07) is 4.69. The maximum atomic E-state index is 15.2. The third kappa shape index (κ3) is 14.8. The van der Waals surface area contributed by atoms with Crippen molar-refractivity contribution >= 4 is 53.3 Å². The topological polar surface area (TPSA) is 310 Å². The lowest BCUT2D eigenvalue weighted by Gasteiger charge is -2.34. The average molecular weight is 1020 g/mol. The van der Waals surface area contributed by atoms with Crippen LogP contribution >= 0.6 is 0 Å². The summed E-state index contributed by atoms with van der Waals surface area (Å²) in [6.07, 6.45) is -2.39. The highest BCUT2D eigenvalue weighted by molar-refractivity contribution is 5.98. The fourth-order valence-electron chi connectivity index (χ4n) is 8.15. The molecule has 2 aromatic carbocycles. The Morgan fingerprint density at radius 3 is 2.05 bits per heavy atom. The van der Waals surface area contributed by atoms with Crippen LogP contribution in [0, 0.1) is 17.8 Å². The SMILES string of the molecule is CC[C@H](C)[C@H]1NC(=O)[C@@H](NC(=O)[C@H](C)[C@H](O)C(C)C)[C@@H](C)OC(=O)[C@@H]2COC(=O)CNC(=O)C=C[C@]3(CO3)[C@@H](C)Oc3ccc(cc3)[C@H](NC1=O)C(=O)N(C)[C@@H](Cc1ccccc1)C(=O)N[C@H]([C@@H](C)O)C(=O)N2. The predicted molar refractivity (Wildman–Crippen MR) is 260 cm³/mol. The molecule has 4 heterocycles. The molecule has 4 aliphatic rings. The molecule has 2 fully saturated rings. The van der Waals surface area contributed by atoms with Crippen LogP contribution in [0.15, 0.2) is 66.7 Å². The molecule has 22 heteroatoms. The zero-order chi connectivity index (χ0) is 53.9. The number of ether oxygens (including phenoxy) is 4. The van der Waals surface area contributed by atoms with Crippen molar-refractivity contribution in [3.63, 3.8) is 0 Å². The highest BCUT2D eigenvalue weighted by Crippen LogP contribution is 2.35. The third-order valence-corrected chi connectivity index (χ3v) is 13.4. The summed E-state index contributed by atoms with van der Waals surface area (Å²) < 4.78 is 23.0. The van der Waals surface area contributed by atoms with Crippen molar-refractivity contribution in [2.45, 2.75) is 134 Å². The van der Waals surface area contributed by atoms with Gasteiger partial charge in [-0.25, -0.2) is 4.79 Å². The van der Waals surface area contributed by atoms with Crippen molar-refractivity contribution in [1.82, 2.24) is 36.8 Å². The largest absolute Gasteiger partial charge is 0.487 e. The quantitative estimate of drug-likeness (QED) is 0.118. The summed E-state index contributed by atoms with van der Waals surface area (Å²) in [5.74, 6) is -10.7. The first-order valence-electron chi connectivity index (χ1n) is 24.4. The van der Waals surface area contributed by atoms with Crippen molar-refractivity contribution in [2.75, 3.05) is 26.8 Å². The van der Waals surface area contributed by atoms with Gasteiger partial charge in [0.2, 0.25) is 41.4 Å². The fourth-order valence-corrected chi connectivity index (χ4v) is 8.15. The number of nitrogens with one attached hydrogen (secondary N) is 6. The Labute approximate surface area is 424 Å². The average Bonchev–Trinajstić information content (AvgIpc) is 4.17. The minimum Gasteiger partial charge on any atom is -0.487 e. The Kier molecular flexibility index (Phi) is 19.6. The Morgan fingerprint density at radius 2 is 1.45 bits per heavy atom. The maximum Gasteiger partial charge on any atom is 0.332 e. The standard InChI is InChI=1S/C51H69N7O15/c1-10-27(4)39-46(65)57-42-33-16-18-34(19-17-33)73-31(8)51(25-71-51)21-20-37(60)52-23-38(61)70-24-35(50(69)72-30(7)41(48(67)54-39)56-44(63)28(5)43(62)26(2)3)53-47(66)40(29(6)59)55-45(64)36(58(9)49(42)68)22-32-14-12-11-13-15-32/h11-21,26-31,35-36,39-43,59,62H,10,22-25H2,1-9H3,(H,52,60)(H,53,66)(H,54,67)(H,55,64)(H,56,63)(H,57,65)/t27-,28+,29+,30+,31+,35-,36-,39+,40+,41-,42-,43+,51-/m0/s1. The number of amides is 7. The van der Waals surface area contributed by atoms with Crippen LogP contribution in [0.5, 0.6) is 5.75 Å². The lowest BCUT2D eigenvalue weighted by molar-refractivity contribution is -0.160. The summed E-state index contributed by atoms with van der Waals surface area (Å²) in [4.78, 5) is 129. The number of epoxide rings is 1. The number of carbonyl (C=O) groups excluding carboxylic acids is 9. The molecule has 7 amide bonds. The lowest BCUT2D eigenvalue weighted by Crippen LogP contribution is -2.61. The summed E-state index contributed by atoms with van der Waals surface area (Å²) in [5, 5.41) is 37.1. The summed E-state index contributed by atoms with van der Waals surface area (Å²) >= 11 is 0. The molecule has 8 N–H and O–H groups in total. The highest BCUT2D eigenvalue weighted by atomic mass is 16.6. The molecular formula is C51H69N7O15. The van der Waals surface area contributed by atoms with Gasteiger partial charge in [0.15, 0.2) is 6.04 Å². The molecule has 22 nitrogen and oxygen atoms in total. The zero-order valence-electron chi connectivity index (χ0n) is 42.5. The lowest BCUT2D eigenvalue weighted by atomic mass is 9.93. The minimum atomic E-state index is -1.94. The van der Waals surface area contributed by atoms with E-state index in [1.54, 1.807) is 65.0 Å². The molecule has 73 heavy (non-hydrogen) atoms. The minimum absolute atomic E-state index is 0.141. The van der Waals surface area contributed by atoms with Crippen LogP contribution in [0.25, 0.3) is 0 Å². The number of aliphatic hydroxyl groups is 2. The first-order valence-corrected chi connectivity index (χ1v) is 24.4. The van der Waals surface area contributed by atoms with Gasteiger partial charge in [0, 0.05) is 19.5 Å². The maximum absolute atomic E-state index is 15.2. The number of likely N-dealkylation sites (N-methyl/N-ethyl adjacent to an activating group) is 1. The van der Waals surface area contributed by atoms with Gasteiger partial charge in [0.1, 0.15) is 66.9 Å². The Bertz CT molecular complexity index is 2360. The van der Waals surface area contributed by atoms with E-state index in [-0.39, 0.29) is 18.6 Å². The van der Waals surface area contributed by atoms with E-state index in [1.807, 2.05) is 0 Å². The second-order valence-electron chi connectivity index (χ2n) is 19.2.